The predicted octanol–water partition coefficient (Wildman–Crippen LogP) is 2.68. The van der Waals surface area contributed by atoms with Crippen LogP contribution >= 0.6 is 0 Å². The zero-order valence-corrected chi connectivity index (χ0v) is 11.2. The van der Waals surface area contributed by atoms with Crippen molar-refractivity contribution in [3.63, 3.8) is 0 Å². The number of fused-ring (bicyclic) bond motifs is 1. The highest BCUT2D eigenvalue weighted by Gasteiger charge is 2.33. The highest BCUT2D eigenvalue weighted by Crippen LogP contribution is 2.27. The van der Waals surface area contributed by atoms with Crippen LogP contribution in [0, 0.1) is 0 Å². The standard InChI is InChI=1S/C15H19N3O/c1-2-3-8-14(19)18-9-11(10-18)15-16-12-6-4-5-7-13(12)17-15/h4-7,11H,2-3,8-10H2,1H3,(H,16,17). The van der Waals surface area contributed by atoms with E-state index in [0.717, 1.165) is 42.8 Å². The molecule has 0 aliphatic carbocycles. The molecule has 4 nitrogen and oxygen atoms in total. The van der Waals surface area contributed by atoms with E-state index in [1.165, 1.54) is 0 Å². The molecule has 2 aromatic rings. The minimum atomic E-state index is 0.286. The lowest BCUT2D eigenvalue weighted by atomic mass is 9.98. The fourth-order valence-corrected chi connectivity index (χ4v) is 2.51. The summed E-state index contributed by atoms with van der Waals surface area (Å²) in [6.07, 6.45) is 2.75. The number of aromatic amines is 1. The third kappa shape index (κ3) is 2.35. The number of carbonyl (C=O) groups excluding carboxylic acids is 1. The summed E-state index contributed by atoms with van der Waals surface area (Å²) in [5.74, 6) is 1.67. The van der Waals surface area contributed by atoms with Gasteiger partial charge >= 0.3 is 0 Å². The average molecular weight is 257 g/mol. The summed E-state index contributed by atoms with van der Waals surface area (Å²) in [4.78, 5) is 21.7. The molecule has 2 heterocycles. The number of amides is 1. The van der Waals surface area contributed by atoms with Crippen LogP contribution in [0.25, 0.3) is 11.0 Å². The molecule has 1 saturated heterocycles. The van der Waals surface area contributed by atoms with Crippen LogP contribution in [0.4, 0.5) is 0 Å². The molecule has 3 rings (SSSR count). The number of hydrogen-bond donors (Lipinski definition) is 1. The van der Waals surface area contributed by atoms with Gasteiger partial charge in [0.05, 0.1) is 17.0 Å². The maximum Gasteiger partial charge on any atom is 0.222 e. The van der Waals surface area contributed by atoms with Gasteiger partial charge in [-0.25, -0.2) is 4.98 Å². The molecule has 1 fully saturated rings. The SMILES string of the molecule is CCCCC(=O)N1CC(c2nc3ccccc3[nH]2)C1. The van der Waals surface area contributed by atoms with E-state index >= 15 is 0 Å². The first-order chi connectivity index (χ1) is 9.28. The molecule has 1 amide bonds. The van der Waals surface area contributed by atoms with Crippen LogP contribution in [-0.4, -0.2) is 33.9 Å². The molecule has 100 valence electrons. The fourth-order valence-electron chi connectivity index (χ4n) is 2.51. The van der Waals surface area contributed by atoms with Gasteiger partial charge in [0, 0.05) is 19.5 Å². The van der Waals surface area contributed by atoms with Crippen LogP contribution in [0.1, 0.15) is 37.9 Å². The molecule has 1 aliphatic heterocycles. The Balaban J connectivity index is 1.62. The normalized spacial score (nSPS) is 15.7. The number of carbonyl (C=O) groups is 1. The van der Waals surface area contributed by atoms with Crippen molar-refractivity contribution in [1.82, 2.24) is 14.9 Å². The molecule has 0 radical (unpaired) electrons. The number of para-hydroxylation sites is 2. The summed E-state index contributed by atoms with van der Waals surface area (Å²) in [5.41, 5.74) is 2.08. The molecular formula is C15H19N3O. The monoisotopic (exact) mass is 257 g/mol. The molecular weight excluding hydrogens is 238 g/mol. The number of nitrogens with one attached hydrogen (secondary N) is 1. The summed E-state index contributed by atoms with van der Waals surface area (Å²) < 4.78 is 0. The molecule has 0 spiro atoms. The Morgan fingerprint density at radius 1 is 1.42 bits per heavy atom. The Labute approximate surface area is 112 Å². The maximum atomic E-state index is 11.8. The molecule has 1 aromatic heterocycles. The molecule has 0 bridgehead atoms. The number of unbranched alkanes of at least 4 members (excludes halogenated alkanes) is 1. The van der Waals surface area contributed by atoms with Crippen LogP contribution in [0.5, 0.6) is 0 Å². The third-order valence-corrected chi connectivity index (χ3v) is 3.77. The van der Waals surface area contributed by atoms with Gasteiger partial charge in [-0.2, -0.15) is 0 Å². The second kappa shape index (κ2) is 5.03. The summed E-state index contributed by atoms with van der Waals surface area (Å²) >= 11 is 0. The first-order valence-electron chi connectivity index (χ1n) is 7.00. The van der Waals surface area contributed by atoms with Crippen molar-refractivity contribution in [2.75, 3.05) is 13.1 Å². The Bertz CT molecular complexity index is 551. The number of nitrogens with zero attached hydrogens (tertiary/aromatic N) is 2. The highest BCUT2D eigenvalue weighted by molar-refractivity contribution is 5.78. The third-order valence-electron chi connectivity index (χ3n) is 3.77. The van der Waals surface area contributed by atoms with Crippen molar-refractivity contribution < 1.29 is 4.79 Å². The number of rotatable bonds is 4. The summed E-state index contributed by atoms with van der Waals surface area (Å²) in [6.45, 7) is 3.73. The summed E-state index contributed by atoms with van der Waals surface area (Å²) in [5, 5.41) is 0. The van der Waals surface area contributed by atoms with Crippen LogP contribution in [0.2, 0.25) is 0 Å². The lowest BCUT2D eigenvalue weighted by Crippen LogP contribution is -2.48. The van der Waals surface area contributed by atoms with Gasteiger partial charge in [0.15, 0.2) is 0 Å². The minimum Gasteiger partial charge on any atom is -0.342 e. The van der Waals surface area contributed by atoms with Crippen LogP contribution in [-0.2, 0) is 4.79 Å². The zero-order valence-electron chi connectivity index (χ0n) is 11.2. The van der Waals surface area contributed by atoms with Crippen LogP contribution in [0.15, 0.2) is 24.3 Å². The number of hydrogen-bond acceptors (Lipinski definition) is 2. The van der Waals surface area contributed by atoms with E-state index in [2.05, 4.69) is 16.9 Å². The van der Waals surface area contributed by atoms with Gasteiger partial charge in [0.1, 0.15) is 5.82 Å². The van der Waals surface area contributed by atoms with Gasteiger partial charge in [-0.15, -0.1) is 0 Å². The van der Waals surface area contributed by atoms with Crippen LogP contribution < -0.4 is 0 Å². The first kappa shape index (κ1) is 12.2. The van der Waals surface area contributed by atoms with Gasteiger partial charge in [0.25, 0.3) is 0 Å². The topological polar surface area (TPSA) is 49.0 Å². The Morgan fingerprint density at radius 2 is 2.21 bits per heavy atom. The van der Waals surface area contributed by atoms with Gasteiger partial charge in [-0.05, 0) is 18.6 Å². The number of imidazole rings is 1. The van der Waals surface area contributed by atoms with E-state index in [0.29, 0.717) is 12.3 Å². The number of likely N-dealkylation sites (tertiary alicyclic amines) is 1. The molecule has 0 atom stereocenters. The maximum absolute atomic E-state index is 11.8. The lowest BCUT2D eigenvalue weighted by molar-refractivity contribution is -0.135. The lowest BCUT2D eigenvalue weighted by Gasteiger charge is -2.38. The second-order valence-electron chi connectivity index (χ2n) is 5.24. The van der Waals surface area contributed by atoms with E-state index in [-0.39, 0.29) is 5.91 Å². The predicted molar refractivity (Wildman–Crippen MR) is 74.9 cm³/mol. The molecule has 1 aromatic carbocycles. The van der Waals surface area contributed by atoms with E-state index in [1.54, 1.807) is 0 Å². The first-order valence-corrected chi connectivity index (χ1v) is 7.00. The Kier molecular flexibility index (Phi) is 3.23. The zero-order chi connectivity index (χ0) is 13.2. The highest BCUT2D eigenvalue weighted by atomic mass is 16.2. The number of benzene rings is 1. The largest absolute Gasteiger partial charge is 0.342 e. The second-order valence-corrected chi connectivity index (χ2v) is 5.24. The molecule has 19 heavy (non-hydrogen) atoms. The van der Waals surface area contributed by atoms with Crippen molar-refractivity contribution in [1.29, 1.82) is 0 Å². The van der Waals surface area contributed by atoms with E-state index < -0.39 is 0 Å². The molecule has 1 aliphatic rings. The number of H-pyrrole nitrogens is 1. The molecule has 1 N–H and O–H groups in total. The molecule has 0 unspecified atom stereocenters. The fraction of sp³-hybridized carbons (Fsp3) is 0.467. The van der Waals surface area contributed by atoms with Crippen molar-refractivity contribution >= 4 is 16.9 Å². The van der Waals surface area contributed by atoms with E-state index in [1.807, 2.05) is 29.2 Å². The van der Waals surface area contributed by atoms with Crippen LogP contribution in [0.3, 0.4) is 0 Å². The smallest absolute Gasteiger partial charge is 0.222 e. The van der Waals surface area contributed by atoms with Crippen molar-refractivity contribution in [3.8, 4) is 0 Å². The summed E-state index contributed by atoms with van der Waals surface area (Å²) in [7, 11) is 0. The van der Waals surface area contributed by atoms with Crippen molar-refractivity contribution in [2.45, 2.75) is 32.1 Å². The molecule has 0 saturated carbocycles. The van der Waals surface area contributed by atoms with Gasteiger partial charge in [0.2, 0.25) is 5.91 Å². The van der Waals surface area contributed by atoms with Crippen molar-refractivity contribution in [2.24, 2.45) is 0 Å². The van der Waals surface area contributed by atoms with E-state index in [9.17, 15) is 4.79 Å². The van der Waals surface area contributed by atoms with Gasteiger partial charge in [-0.1, -0.05) is 25.5 Å². The van der Waals surface area contributed by atoms with E-state index in [4.69, 9.17) is 0 Å². The Hall–Kier alpha value is -1.84. The summed E-state index contributed by atoms with van der Waals surface area (Å²) in [6, 6.07) is 8.05. The van der Waals surface area contributed by atoms with Gasteiger partial charge in [-0.3, -0.25) is 4.79 Å². The van der Waals surface area contributed by atoms with Gasteiger partial charge < -0.3 is 9.88 Å². The van der Waals surface area contributed by atoms with Crippen molar-refractivity contribution in [3.05, 3.63) is 30.1 Å². The minimum absolute atomic E-state index is 0.286. The number of aromatic nitrogens is 2. The Morgan fingerprint density at radius 3 is 2.95 bits per heavy atom. The quantitative estimate of drug-likeness (QED) is 0.915. The molecule has 4 heteroatoms. The average Bonchev–Trinajstić information content (AvgIpc) is 2.77.